The maximum Gasteiger partial charge on any atom is 0.263 e. The number of thiophene rings is 1. The third-order valence-corrected chi connectivity index (χ3v) is 6.74. The summed E-state index contributed by atoms with van der Waals surface area (Å²) in [5, 5.41) is 3.38. The van der Waals surface area contributed by atoms with Gasteiger partial charge in [-0.2, -0.15) is 0 Å². The van der Waals surface area contributed by atoms with Crippen molar-refractivity contribution in [1.29, 1.82) is 0 Å². The first-order chi connectivity index (χ1) is 15.5. The Bertz CT molecular complexity index is 1310. The van der Waals surface area contributed by atoms with Crippen molar-refractivity contribution in [3.8, 4) is 16.9 Å². The number of hydrogen-bond donors (Lipinski definition) is 1. The third kappa shape index (κ3) is 4.61. The number of nitrogens with one attached hydrogen (secondary N) is 1. The maximum absolute atomic E-state index is 13.3. The monoisotopic (exact) mass is 511 g/mol. The molecule has 2 aromatic carbocycles. The molecule has 8 heteroatoms. The Morgan fingerprint density at radius 1 is 1.12 bits per heavy atom. The highest BCUT2D eigenvalue weighted by atomic mass is 79.9. The molecule has 0 unspecified atom stereocenters. The lowest BCUT2D eigenvalue weighted by Gasteiger charge is -2.09. The van der Waals surface area contributed by atoms with Crippen molar-refractivity contribution in [3.63, 3.8) is 0 Å². The molecular weight excluding hydrogens is 490 g/mol. The van der Waals surface area contributed by atoms with Crippen LogP contribution >= 0.6 is 27.3 Å². The van der Waals surface area contributed by atoms with E-state index in [-0.39, 0.29) is 18.0 Å². The van der Waals surface area contributed by atoms with Crippen LogP contribution in [0.15, 0.2) is 64.1 Å². The zero-order valence-corrected chi connectivity index (χ0v) is 20.1. The van der Waals surface area contributed by atoms with E-state index in [0.29, 0.717) is 22.5 Å². The Balaban J connectivity index is 1.64. The van der Waals surface area contributed by atoms with Crippen molar-refractivity contribution in [2.24, 2.45) is 0 Å². The Morgan fingerprint density at radius 3 is 2.50 bits per heavy atom. The zero-order valence-electron chi connectivity index (χ0n) is 17.7. The molecule has 0 aliphatic heterocycles. The molecule has 2 heterocycles. The number of amides is 1. The van der Waals surface area contributed by atoms with Gasteiger partial charge in [0.1, 0.15) is 17.1 Å². The molecule has 164 valence electrons. The molecule has 1 N–H and O–H groups in total. The number of aryl methyl sites for hydroxylation is 1. The number of rotatable bonds is 7. The van der Waals surface area contributed by atoms with Crippen LogP contribution in [-0.4, -0.2) is 22.1 Å². The fraction of sp³-hybridized carbons (Fsp3) is 0.208. The maximum atomic E-state index is 13.3. The minimum Gasteiger partial charge on any atom is -0.494 e. The number of nitrogens with zero attached hydrogens (tertiary/aromatic N) is 2. The highest BCUT2D eigenvalue weighted by molar-refractivity contribution is 9.10. The Kier molecular flexibility index (Phi) is 6.72. The lowest BCUT2D eigenvalue weighted by Crippen LogP contribution is -2.27. The van der Waals surface area contributed by atoms with Gasteiger partial charge in [-0.15, -0.1) is 11.3 Å². The van der Waals surface area contributed by atoms with E-state index in [0.717, 1.165) is 32.6 Å². The molecule has 0 bridgehead atoms. The van der Waals surface area contributed by atoms with Gasteiger partial charge in [-0.3, -0.25) is 14.2 Å². The van der Waals surface area contributed by atoms with Crippen LogP contribution in [0.3, 0.4) is 0 Å². The normalized spacial score (nSPS) is 11.0. The molecule has 1 amide bonds. The first-order valence-corrected chi connectivity index (χ1v) is 11.9. The van der Waals surface area contributed by atoms with E-state index < -0.39 is 0 Å². The minimum absolute atomic E-state index is 0.119. The van der Waals surface area contributed by atoms with Crippen molar-refractivity contribution in [3.05, 3.63) is 74.6 Å². The predicted octanol–water partition coefficient (Wildman–Crippen LogP) is 5.49. The summed E-state index contributed by atoms with van der Waals surface area (Å²) < 4.78 is 7.75. The molecule has 0 atom stereocenters. The van der Waals surface area contributed by atoms with E-state index in [4.69, 9.17) is 4.74 Å². The minimum atomic E-state index is -0.298. The average Bonchev–Trinajstić information content (AvgIpc) is 3.17. The smallest absolute Gasteiger partial charge is 0.263 e. The summed E-state index contributed by atoms with van der Waals surface area (Å²) in [7, 11) is 0. The van der Waals surface area contributed by atoms with Crippen molar-refractivity contribution in [1.82, 2.24) is 9.55 Å². The van der Waals surface area contributed by atoms with Crippen LogP contribution in [0.1, 0.15) is 18.7 Å². The summed E-state index contributed by atoms with van der Waals surface area (Å²) >= 11 is 4.98. The number of halogens is 1. The Labute approximate surface area is 198 Å². The van der Waals surface area contributed by atoms with Gasteiger partial charge in [0.2, 0.25) is 5.91 Å². The highest BCUT2D eigenvalue weighted by Crippen LogP contribution is 2.36. The van der Waals surface area contributed by atoms with Crippen LogP contribution in [0.5, 0.6) is 5.75 Å². The molecule has 0 radical (unpaired) electrons. The molecular formula is C24H22BrN3O3S. The molecule has 0 aliphatic carbocycles. The molecule has 4 aromatic rings. The molecule has 0 spiro atoms. The van der Waals surface area contributed by atoms with E-state index in [9.17, 15) is 9.59 Å². The van der Waals surface area contributed by atoms with Gasteiger partial charge in [0.25, 0.3) is 5.56 Å². The first kappa shape index (κ1) is 22.2. The SMILES string of the molecule is CCOc1ccc(NC(=O)Cn2cnc3sc(CC)c(-c4ccc(Br)cc4)c3c2=O)cc1. The van der Waals surface area contributed by atoms with Gasteiger partial charge in [-0.1, -0.05) is 35.0 Å². The summed E-state index contributed by atoms with van der Waals surface area (Å²) in [5.41, 5.74) is 2.29. The lowest BCUT2D eigenvalue weighted by molar-refractivity contribution is -0.116. The van der Waals surface area contributed by atoms with E-state index in [1.807, 2.05) is 31.2 Å². The third-order valence-electron chi connectivity index (χ3n) is 4.97. The zero-order chi connectivity index (χ0) is 22.7. The van der Waals surface area contributed by atoms with Crippen molar-refractivity contribution >= 4 is 49.1 Å². The van der Waals surface area contributed by atoms with Crippen LogP contribution in [-0.2, 0) is 17.8 Å². The van der Waals surface area contributed by atoms with Crippen molar-refractivity contribution < 1.29 is 9.53 Å². The predicted molar refractivity (Wildman–Crippen MR) is 133 cm³/mol. The second-order valence-electron chi connectivity index (χ2n) is 7.12. The van der Waals surface area contributed by atoms with E-state index >= 15 is 0 Å². The molecule has 6 nitrogen and oxygen atoms in total. The van der Waals surface area contributed by atoms with Gasteiger partial charge in [0.15, 0.2) is 0 Å². The highest BCUT2D eigenvalue weighted by Gasteiger charge is 2.19. The number of ether oxygens (including phenoxy) is 1. The van der Waals surface area contributed by atoms with Gasteiger partial charge < -0.3 is 10.1 Å². The number of carbonyl (C=O) groups is 1. The molecule has 4 rings (SSSR count). The van der Waals surface area contributed by atoms with Gasteiger partial charge in [-0.25, -0.2) is 4.98 Å². The number of benzene rings is 2. The van der Waals surface area contributed by atoms with Crippen LogP contribution < -0.4 is 15.6 Å². The van der Waals surface area contributed by atoms with E-state index in [1.165, 1.54) is 22.2 Å². The number of hydrogen-bond acceptors (Lipinski definition) is 5. The average molecular weight is 512 g/mol. The van der Waals surface area contributed by atoms with Crippen LogP contribution in [0.25, 0.3) is 21.3 Å². The fourth-order valence-electron chi connectivity index (χ4n) is 3.51. The summed E-state index contributed by atoms with van der Waals surface area (Å²) in [4.78, 5) is 32.2. The number of anilines is 1. The van der Waals surface area contributed by atoms with Crippen LogP contribution in [0, 0.1) is 0 Å². The second kappa shape index (κ2) is 9.67. The number of carbonyl (C=O) groups excluding carboxylic acids is 1. The summed E-state index contributed by atoms with van der Waals surface area (Å²) in [6.45, 7) is 4.44. The van der Waals surface area contributed by atoms with E-state index in [1.54, 1.807) is 24.3 Å². The topological polar surface area (TPSA) is 73.2 Å². The van der Waals surface area contributed by atoms with Crippen LogP contribution in [0.2, 0.25) is 0 Å². The molecule has 32 heavy (non-hydrogen) atoms. The molecule has 0 saturated heterocycles. The van der Waals surface area contributed by atoms with Gasteiger partial charge >= 0.3 is 0 Å². The molecule has 2 aromatic heterocycles. The van der Waals surface area contributed by atoms with Gasteiger partial charge in [0.05, 0.1) is 18.3 Å². The fourth-order valence-corrected chi connectivity index (χ4v) is 4.87. The van der Waals surface area contributed by atoms with Gasteiger partial charge in [-0.05, 0) is 55.3 Å². The quantitative estimate of drug-likeness (QED) is 0.356. The largest absolute Gasteiger partial charge is 0.494 e. The van der Waals surface area contributed by atoms with Crippen molar-refractivity contribution in [2.45, 2.75) is 26.8 Å². The molecule has 0 fully saturated rings. The standard InChI is InChI=1S/C24H22BrN3O3S/c1-3-19-21(15-5-7-16(25)8-6-15)22-23(32-19)26-14-28(24(22)30)13-20(29)27-17-9-11-18(12-10-17)31-4-2/h5-12,14H,3-4,13H2,1-2H3,(H,27,29). The number of aromatic nitrogens is 2. The summed E-state index contributed by atoms with van der Waals surface area (Å²) in [5.74, 6) is 0.439. The lowest BCUT2D eigenvalue weighted by atomic mass is 10.0. The second-order valence-corrected chi connectivity index (χ2v) is 9.12. The Morgan fingerprint density at radius 2 is 1.84 bits per heavy atom. The van der Waals surface area contributed by atoms with Crippen molar-refractivity contribution in [2.75, 3.05) is 11.9 Å². The van der Waals surface area contributed by atoms with E-state index in [2.05, 4.69) is 33.2 Å². The first-order valence-electron chi connectivity index (χ1n) is 10.3. The molecule has 0 aliphatic rings. The number of fused-ring (bicyclic) bond motifs is 1. The van der Waals surface area contributed by atoms with Crippen LogP contribution in [0.4, 0.5) is 5.69 Å². The molecule has 0 saturated carbocycles. The Hall–Kier alpha value is -2.97. The summed E-state index contributed by atoms with van der Waals surface area (Å²) in [6.07, 6.45) is 2.24. The van der Waals surface area contributed by atoms with Gasteiger partial charge in [0, 0.05) is 20.6 Å². The summed E-state index contributed by atoms with van der Waals surface area (Å²) in [6, 6.07) is 15.0.